The summed E-state index contributed by atoms with van der Waals surface area (Å²) in [6.07, 6.45) is 0. The lowest BCUT2D eigenvalue weighted by Gasteiger charge is -2.16. The molecule has 10 heteroatoms. The number of amides is 1. The average Bonchev–Trinajstić information content (AvgIpc) is 2.57. The molecular weight excluding hydrogens is 372 g/mol. The smallest absolute Gasteiger partial charge is 0.271 e. The van der Waals surface area contributed by atoms with Gasteiger partial charge < -0.3 is 10.4 Å². The number of non-ortho nitro benzene ring substituents is 1. The Morgan fingerprint density at radius 1 is 1.37 bits per heavy atom. The van der Waals surface area contributed by atoms with Crippen LogP contribution in [0, 0.1) is 16.0 Å². The molecule has 0 radical (unpaired) electrons. The van der Waals surface area contributed by atoms with Crippen LogP contribution in [0.15, 0.2) is 40.3 Å². The summed E-state index contributed by atoms with van der Waals surface area (Å²) in [5, 5.41) is 22.6. The zero-order valence-electron chi connectivity index (χ0n) is 15.1. The van der Waals surface area contributed by atoms with Crippen LogP contribution in [0.4, 0.5) is 11.4 Å². The fourth-order valence-electron chi connectivity index (χ4n) is 2.25. The number of carbonyl (C=O) groups is 1. The zero-order chi connectivity index (χ0) is 20.1. The standard InChI is InChI=1S/C17H20N4O5S/c1-10(2)9-20-15(23)8-14(22)19-17(20)27-11(3)16(24)18-12-5-4-6-13(7-12)21(25)26/h4-8,10-11,22H,9H2,1-3H3,(H,18,24). The predicted molar refractivity (Wildman–Crippen MR) is 102 cm³/mol. The van der Waals surface area contributed by atoms with E-state index >= 15 is 0 Å². The molecule has 0 saturated heterocycles. The van der Waals surface area contributed by atoms with Crippen LogP contribution in [0.25, 0.3) is 0 Å². The van der Waals surface area contributed by atoms with Crippen molar-refractivity contribution in [2.45, 2.75) is 37.7 Å². The van der Waals surface area contributed by atoms with E-state index < -0.39 is 27.5 Å². The molecule has 1 atom stereocenters. The minimum absolute atomic E-state index is 0.131. The zero-order valence-corrected chi connectivity index (χ0v) is 15.9. The van der Waals surface area contributed by atoms with E-state index in [0.717, 1.165) is 17.8 Å². The van der Waals surface area contributed by atoms with Gasteiger partial charge in [-0.25, -0.2) is 0 Å². The normalized spacial score (nSPS) is 12.0. The van der Waals surface area contributed by atoms with E-state index in [-0.39, 0.29) is 16.8 Å². The number of aromatic nitrogens is 2. The number of anilines is 1. The second-order valence-electron chi connectivity index (χ2n) is 6.30. The highest BCUT2D eigenvalue weighted by molar-refractivity contribution is 8.00. The fraction of sp³-hybridized carbons (Fsp3) is 0.353. The van der Waals surface area contributed by atoms with E-state index in [9.17, 15) is 24.8 Å². The topological polar surface area (TPSA) is 127 Å². The Balaban J connectivity index is 2.18. The number of thioether (sulfide) groups is 1. The van der Waals surface area contributed by atoms with Crippen LogP contribution in [0.3, 0.4) is 0 Å². The largest absolute Gasteiger partial charge is 0.493 e. The van der Waals surface area contributed by atoms with Gasteiger partial charge >= 0.3 is 0 Å². The monoisotopic (exact) mass is 392 g/mol. The molecule has 2 N–H and O–H groups in total. The maximum Gasteiger partial charge on any atom is 0.271 e. The summed E-state index contributed by atoms with van der Waals surface area (Å²) in [5.41, 5.74) is -0.233. The first kappa shape index (κ1) is 20.4. The lowest BCUT2D eigenvalue weighted by atomic mass is 10.2. The number of rotatable bonds is 7. The number of nitrogens with one attached hydrogen (secondary N) is 1. The second-order valence-corrected chi connectivity index (χ2v) is 7.60. The minimum Gasteiger partial charge on any atom is -0.493 e. The van der Waals surface area contributed by atoms with Crippen molar-refractivity contribution < 1.29 is 14.8 Å². The molecule has 0 spiro atoms. The van der Waals surface area contributed by atoms with Gasteiger partial charge in [0, 0.05) is 24.4 Å². The third kappa shape index (κ3) is 5.55. The van der Waals surface area contributed by atoms with Crippen molar-refractivity contribution in [1.29, 1.82) is 0 Å². The van der Waals surface area contributed by atoms with Crippen molar-refractivity contribution in [3.63, 3.8) is 0 Å². The van der Waals surface area contributed by atoms with Gasteiger partial charge in [-0.3, -0.25) is 24.3 Å². The van der Waals surface area contributed by atoms with E-state index in [1.165, 1.54) is 22.8 Å². The van der Waals surface area contributed by atoms with Crippen LogP contribution in [-0.2, 0) is 11.3 Å². The maximum atomic E-state index is 12.4. The summed E-state index contributed by atoms with van der Waals surface area (Å²) in [4.78, 5) is 38.8. The van der Waals surface area contributed by atoms with Gasteiger partial charge in [0.2, 0.25) is 11.8 Å². The molecule has 144 valence electrons. The molecule has 27 heavy (non-hydrogen) atoms. The number of hydrogen-bond donors (Lipinski definition) is 2. The first-order chi connectivity index (χ1) is 12.7. The number of benzene rings is 1. The van der Waals surface area contributed by atoms with E-state index in [2.05, 4.69) is 10.3 Å². The van der Waals surface area contributed by atoms with Crippen molar-refractivity contribution in [3.8, 4) is 5.88 Å². The Hall–Kier alpha value is -2.88. The van der Waals surface area contributed by atoms with Gasteiger partial charge in [0.05, 0.1) is 16.2 Å². The van der Waals surface area contributed by atoms with Crippen LogP contribution in [-0.4, -0.2) is 30.7 Å². The molecular formula is C17H20N4O5S. The molecule has 0 saturated carbocycles. The van der Waals surface area contributed by atoms with Gasteiger partial charge in [-0.2, -0.15) is 4.98 Å². The third-order valence-corrected chi connectivity index (χ3v) is 4.57. The molecule has 1 heterocycles. The average molecular weight is 392 g/mol. The van der Waals surface area contributed by atoms with Crippen molar-refractivity contribution in [2.24, 2.45) is 5.92 Å². The molecule has 0 bridgehead atoms. The molecule has 0 aliphatic heterocycles. The molecule has 9 nitrogen and oxygen atoms in total. The van der Waals surface area contributed by atoms with Crippen LogP contribution < -0.4 is 10.9 Å². The summed E-state index contributed by atoms with van der Waals surface area (Å²) in [6.45, 7) is 5.89. The van der Waals surface area contributed by atoms with E-state index in [4.69, 9.17) is 0 Å². The Bertz CT molecular complexity index is 912. The van der Waals surface area contributed by atoms with Gasteiger partial charge in [0.25, 0.3) is 11.2 Å². The predicted octanol–water partition coefficient (Wildman–Crippen LogP) is 2.63. The quantitative estimate of drug-likeness (QED) is 0.321. The Labute approximate surface area is 159 Å². The van der Waals surface area contributed by atoms with Crippen LogP contribution in [0.5, 0.6) is 5.88 Å². The summed E-state index contributed by atoms with van der Waals surface area (Å²) in [5.74, 6) is -0.648. The number of nitro benzene ring substituents is 1. The molecule has 1 aromatic carbocycles. The van der Waals surface area contributed by atoms with Gasteiger partial charge in [0.1, 0.15) is 0 Å². The number of nitro groups is 1. The first-order valence-electron chi connectivity index (χ1n) is 8.20. The second kappa shape index (κ2) is 8.67. The molecule has 0 aliphatic carbocycles. The van der Waals surface area contributed by atoms with Crippen LogP contribution in [0.2, 0.25) is 0 Å². The Kier molecular flexibility index (Phi) is 6.56. The highest BCUT2D eigenvalue weighted by atomic mass is 32.2. The van der Waals surface area contributed by atoms with Crippen LogP contribution in [0.1, 0.15) is 20.8 Å². The Morgan fingerprint density at radius 3 is 2.70 bits per heavy atom. The van der Waals surface area contributed by atoms with Crippen molar-refractivity contribution >= 4 is 29.0 Å². The van der Waals surface area contributed by atoms with Gasteiger partial charge in [-0.1, -0.05) is 31.7 Å². The van der Waals surface area contributed by atoms with Crippen molar-refractivity contribution in [2.75, 3.05) is 5.32 Å². The van der Waals surface area contributed by atoms with Crippen molar-refractivity contribution in [1.82, 2.24) is 9.55 Å². The highest BCUT2D eigenvalue weighted by Gasteiger charge is 2.20. The molecule has 1 amide bonds. The SMILES string of the molecule is CC(C)Cn1c(SC(C)C(=O)Nc2cccc([N+](=O)[O-])c2)nc(O)cc1=O. The summed E-state index contributed by atoms with van der Waals surface area (Å²) in [7, 11) is 0. The minimum atomic E-state index is -0.656. The summed E-state index contributed by atoms with van der Waals surface area (Å²) >= 11 is 1.02. The summed E-state index contributed by atoms with van der Waals surface area (Å²) in [6, 6.07) is 6.64. The fourth-order valence-corrected chi connectivity index (χ4v) is 3.17. The molecule has 0 fully saturated rings. The lowest BCUT2D eigenvalue weighted by Crippen LogP contribution is -2.27. The number of aromatic hydroxyl groups is 1. The molecule has 0 aliphatic rings. The number of nitrogens with zero attached hydrogens (tertiary/aromatic N) is 3. The highest BCUT2D eigenvalue weighted by Crippen LogP contribution is 2.24. The molecule has 1 unspecified atom stereocenters. The number of carbonyl (C=O) groups excluding carboxylic acids is 1. The van der Waals surface area contributed by atoms with E-state index in [1.54, 1.807) is 13.0 Å². The molecule has 2 rings (SSSR count). The Morgan fingerprint density at radius 2 is 2.07 bits per heavy atom. The number of hydrogen-bond acceptors (Lipinski definition) is 7. The molecule has 1 aromatic heterocycles. The van der Waals surface area contributed by atoms with Gasteiger partial charge in [0.15, 0.2) is 5.16 Å². The van der Waals surface area contributed by atoms with Crippen molar-refractivity contribution in [3.05, 3.63) is 50.8 Å². The third-order valence-electron chi connectivity index (χ3n) is 3.48. The van der Waals surface area contributed by atoms with Gasteiger partial charge in [-0.05, 0) is 18.9 Å². The van der Waals surface area contributed by atoms with E-state index in [1.807, 2.05) is 13.8 Å². The molecule has 2 aromatic rings. The van der Waals surface area contributed by atoms with Crippen LogP contribution >= 0.6 is 11.8 Å². The van der Waals surface area contributed by atoms with Gasteiger partial charge in [-0.15, -0.1) is 0 Å². The summed E-state index contributed by atoms with van der Waals surface area (Å²) < 4.78 is 1.41. The lowest BCUT2D eigenvalue weighted by molar-refractivity contribution is -0.384. The maximum absolute atomic E-state index is 12.4. The van der Waals surface area contributed by atoms with E-state index in [0.29, 0.717) is 12.2 Å². The first-order valence-corrected chi connectivity index (χ1v) is 9.08.